The van der Waals surface area contributed by atoms with E-state index in [1.54, 1.807) is 0 Å². The number of hydrogen-bond acceptors (Lipinski definition) is 4. The largest absolute Gasteiger partial charge is 0.375 e. The molecule has 2 aromatic carbocycles. The van der Waals surface area contributed by atoms with Crippen LogP contribution in [0.4, 0.5) is 5.69 Å². The number of hydrogen-bond donors (Lipinski definition) is 2. The minimum absolute atomic E-state index is 0.0301. The Kier molecular flexibility index (Phi) is 6.29. The third-order valence-corrected chi connectivity index (χ3v) is 4.77. The third-order valence-electron chi connectivity index (χ3n) is 4.77. The van der Waals surface area contributed by atoms with Gasteiger partial charge in [0.15, 0.2) is 0 Å². The van der Waals surface area contributed by atoms with Gasteiger partial charge in [0.25, 0.3) is 0 Å². The molecule has 3 aromatic rings. The van der Waals surface area contributed by atoms with Crippen molar-refractivity contribution in [1.29, 1.82) is 0 Å². The van der Waals surface area contributed by atoms with Crippen LogP contribution >= 0.6 is 0 Å². The summed E-state index contributed by atoms with van der Waals surface area (Å²) in [5.74, 6) is 0.230. The van der Waals surface area contributed by atoms with Gasteiger partial charge in [0.05, 0.1) is 17.1 Å². The minimum atomic E-state index is -0.377. The zero-order valence-electron chi connectivity index (χ0n) is 17.2. The number of nitrogens with one attached hydrogen (secondary N) is 2. The van der Waals surface area contributed by atoms with Gasteiger partial charge in [-0.15, -0.1) is 0 Å². The van der Waals surface area contributed by atoms with Crippen LogP contribution in [0.5, 0.6) is 0 Å². The fourth-order valence-corrected chi connectivity index (χ4v) is 3.40. The van der Waals surface area contributed by atoms with Gasteiger partial charge in [0.2, 0.25) is 11.8 Å². The smallest absolute Gasteiger partial charge is 0.246 e. The predicted molar refractivity (Wildman–Crippen MR) is 113 cm³/mol. The van der Waals surface area contributed by atoms with E-state index in [-0.39, 0.29) is 31.0 Å². The maximum absolute atomic E-state index is 12.9. The summed E-state index contributed by atoms with van der Waals surface area (Å²) in [6.07, 6.45) is 0. The first-order valence-electron chi connectivity index (χ1n) is 9.50. The highest BCUT2D eigenvalue weighted by Gasteiger charge is 2.20. The molecule has 2 N–H and O–H groups in total. The average Bonchev–Trinajstić information content (AvgIpc) is 3.04. The second kappa shape index (κ2) is 8.87. The molecule has 1 atom stereocenters. The van der Waals surface area contributed by atoms with Crippen LogP contribution in [-0.2, 0) is 20.9 Å². The highest BCUT2D eigenvalue weighted by Crippen LogP contribution is 2.23. The van der Waals surface area contributed by atoms with E-state index in [0.717, 1.165) is 27.8 Å². The van der Waals surface area contributed by atoms with Crippen molar-refractivity contribution in [2.75, 3.05) is 19.0 Å². The van der Waals surface area contributed by atoms with Crippen molar-refractivity contribution in [3.05, 3.63) is 59.4 Å². The normalized spacial score (nSPS) is 12.0. The molecule has 0 aliphatic rings. The summed E-state index contributed by atoms with van der Waals surface area (Å²) in [6.45, 7) is 5.84. The van der Waals surface area contributed by atoms with Crippen LogP contribution in [0.25, 0.3) is 11.0 Å². The summed E-state index contributed by atoms with van der Waals surface area (Å²) in [7, 11) is 1.47. The van der Waals surface area contributed by atoms with Crippen molar-refractivity contribution in [3.63, 3.8) is 0 Å². The monoisotopic (exact) mass is 394 g/mol. The van der Waals surface area contributed by atoms with Gasteiger partial charge >= 0.3 is 0 Å². The Labute approximate surface area is 170 Å². The molecule has 0 fully saturated rings. The van der Waals surface area contributed by atoms with Crippen molar-refractivity contribution in [2.45, 2.75) is 33.4 Å². The second-order valence-corrected chi connectivity index (χ2v) is 7.08. The van der Waals surface area contributed by atoms with Crippen molar-refractivity contribution in [2.24, 2.45) is 0 Å². The number of carbonyl (C=O) groups is 2. The summed E-state index contributed by atoms with van der Waals surface area (Å²) < 4.78 is 6.72. The van der Waals surface area contributed by atoms with Crippen LogP contribution in [0, 0.1) is 13.8 Å². The van der Waals surface area contributed by atoms with Crippen LogP contribution in [-0.4, -0.2) is 35.1 Å². The van der Waals surface area contributed by atoms with E-state index in [1.165, 1.54) is 7.11 Å². The molecule has 2 amide bonds. The average molecular weight is 394 g/mol. The quantitative estimate of drug-likeness (QED) is 0.645. The van der Waals surface area contributed by atoms with Gasteiger partial charge in [0, 0.05) is 12.8 Å². The Morgan fingerprint density at radius 2 is 1.76 bits per heavy atom. The molecule has 3 rings (SSSR count). The number of aryl methyl sites for hydroxylation is 2. The van der Waals surface area contributed by atoms with Crippen molar-refractivity contribution in [3.8, 4) is 0 Å². The molecule has 152 valence electrons. The molecule has 0 radical (unpaired) electrons. The Hall–Kier alpha value is -3.19. The van der Waals surface area contributed by atoms with E-state index < -0.39 is 0 Å². The van der Waals surface area contributed by atoms with E-state index in [9.17, 15) is 9.59 Å². The van der Waals surface area contributed by atoms with E-state index in [4.69, 9.17) is 4.74 Å². The van der Waals surface area contributed by atoms with Crippen molar-refractivity contribution >= 4 is 28.5 Å². The summed E-state index contributed by atoms with van der Waals surface area (Å²) in [4.78, 5) is 29.4. The van der Waals surface area contributed by atoms with Crippen LogP contribution < -0.4 is 10.6 Å². The Bertz CT molecular complexity index is 1020. The number of anilines is 1. The fourth-order valence-electron chi connectivity index (χ4n) is 3.40. The molecule has 1 aromatic heterocycles. The van der Waals surface area contributed by atoms with Gasteiger partial charge in [-0.1, -0.05) is 30.3 Å². The molecule has 7 heteroatoms. The number of nitrogens with zero attached hydrogens (tertiary/aromatic N) is 2. The molecule has 0 aliphatic heterocycles. The number of imidazole rings is 1. The lowest BCUT2D eigenvalue weighted by Gasteiger charge is -2.17. The van der Waals surface area contributed by atoms with Crippen LogP contribution in [0.3, 0.4) is 0 Å². The molecule has 0 saturated carbocycles. The molecule has 7 nitrogen and oxygen atoms in total. The Balaban J connectivity index is 1.89. The number of carbonyl (C=O) groups excluding carboxylic acids is 2. The molecule has 0 aliphatic carbocycles. The van der Waals surface area contributed by atoms with E-state index in [0.29, 0.717) is 5.82 Å². The lowest BCUT2D eigenvalue weighted by Crippen LogP contribution is -2.32. The standard InChI is InChI=1S/C22H26N4O3/c1-14-8-7-9-15(2)21(14)25-19(27)12-26-18-11-6-5-10-17(18)24-22(26)16(3)23-20(28)13-29-4/h5-11,16H,12-13H2,1-4H3,(H,23,28)(H,25,27). The molecule has 0 saturated heterocycles. The van der Waals surface area contributed by atoms with E-state index in [2.05, 4.69) is 15.6 Å². The number of para-hydroxylation sites is 3. The predicted octanol–water partition coefficient (Wildman–Crippen LogP) is 3.12. The molecule has 1 heterocycles. The first-order chi connectivity index (χ1) is 13.9. The van der Waals surface area contributed by atoms with E-state index in [1.807, 2.05) is 67.8 Å². The fraction of sp³-hybridized carbons (Fsp3) is 0.318. The highest BCUT2D eigenvalue weighted by atomic mass is 16.5. The van der Waals surface area contributed by atoms with Gasteiger partial charge in [0.1, 0.15) is 19.0 Å². The number of methoxy groups -OCH3 is 1. The summed E-state index contributed by atoms with van der Waals surface area (Å²) in [5, 5.41) is 5.87. The molecular formula is C22H26N4O3. The molecule has 0 spiro atoms. The Morgan fingerprint density at radius 1 is 1.07 bits per heavy atom. The molecular weight excluding hydrogens is 368 g/mol. The van der Waals surface area contributed by atoms with Gasteiger partial charge < -0.3 is 19.9 Å². The maximum atomic E-state index is 12.9. The number of ether oxygens (including phenoxy) is 1. The van der Waals surface area contributed by atoms with Gasteiger partial charge in [-0.3, -0.25) is 9.59 Å². The lowest BCUT2D eigenvalue weighted by atomic mass is 10.1. The Morgan fingerprint density at radius 3 is 2.45 bits per heavy atom. The van der Waals surface area contributed by atoms with Crippen molar-refractivity contribution < 1.29 is 14.3 Å². The van der Waals surface area contributed by atoms with Gasteiger partial charge in [-0.2, -0.15) is 0 Å². The number of amides is 2. The van der Waals surface area contributed by atoms with Crippen LogP contribution in [0.15, 0.2) is 42.5 Å². The number of benzene rings is 2. The number of fused-ring (bicyclic) bond motifs is 1. The first-order valence-corrected chi connectivity index (χ1v) is 9.50. The summed E-state index contributed by atoms with van der Waals surface area (Å²) in [6, 6.07) is 13.1. The molecule has 29 heavy (non-hydrogen) atoms. The lowest BCUT2D eigenvalue weighted by molar-refractivity contribution is -0.125. The second-order valence-electron chi connectivity index (χ2n) is 7.08. The van der Waals surface area contributed by atoms with Crippen LogP contribution in [0.2, 0.25) is 0 Å². The van der Waals surface area contributed by atoms with Crippen molar-refractivity contribution in [1.82, 2.24) is 14.9 Å². The maximum Gasteiger partial charge on any atom is 0.246 e. The zero-order chi connectivity index (χ0) is 21.0. The van der Waals surface area contributed by atoms with Gasteiger partial charge in [-0.05, 0) is 44.0 Å². The van der Waals surface area contributed by atoms with E-state index >= 15 is 0 Å². The summed E-state index contributed by atoms with van der Waals surface area (Å²) in [5.41, 5.74) is 4.45. The SMILES string of the molecule is COCC(=O)NC(C)c1nc2ccccc2n1CC(=O)Nc1c(C)cccc1C. The number of aromatic nitrogens is 2. The van der Waals surface area contributed by atoms with Crippen LogP contribution in [0.1, 0.15) is 29.9 Å². The first kappa shape index (κ1) is 20.5. The molecule has 1 unspecified atom stereocenters. The highest BCUT2D eigenvalue weighted by molar-refractivity contribution is 5.93. The topological polar surface area (TPSA) is 85.2 Å². The third kappa shape index (κ3) is 4.63. The summed E-state index contributed by atoms with van der Waals surface area (Å²) >= 11 is 0. The molecule has 0 bridgehead atoms. The number of rotatable bonds is 7. The minimum Gasteiger partial charge on any atom is -0.375 e. The zero-order valence-corrected chi connectivity index (χ0v) is 17.2. The van der Waals surface area contributed by atoms with Gasteiger partial charge in [-0.25, -0.2) is 4.98 Å².